The van der Waals surface area contributed by atoms with Gasteiger partial charge in [0.15, 0.2) is 0 Å². The van der Waals surface area contributed by atoms with Crippen molar-refractivity contribution in [3.8, 4) is 0 Å². The number of nitrogens with one attached hydrogen (secondary N) is 1. The molecule has 1 saturated heterocycles. The van der Waals surface area contributed by atoms with E-state index in [4.69, 9.17) is 4.74 Å². The van der Waals surface area contributed by atoms with E-state index >= 15 is 0 Å². The Hall–Kier alpha value is -0.120. The zero-order valence-electron chi connectivity index (χ0n) is 13.0. The third kappa shape index (κ3) is 4.44. The smallest absolute Gasteiger partial charge is 0.0510 e. The van der Waals surface area contributed by atoms with Crippen LogP contribution in [0.4, 0.5) is 0 Å². The molecule has 0 aromatic carbocycles. The van der Waals surface area contributed by atoms with Crippen LogP contribution < -0.4 is 5.32 Å². The van der Waals surface area contributed by atoms with Gasteiger partial charge in [0.25, 0.3) is 0 Å². The summed E-state index contributed by atoms with van der Waals surface area (Å²) in [7, 11) is 2.32. The predicted molar refractivity (Wildman–Crippen MR) is 80.4 cm³/mol. The van der Waals surface area contributed by atoms with Crippen LogP contribution in [0.25, 0.3) is 0 Å². The number of hydrogen-bond donors (Lipinski definition) is 1. The van der Waals surface area contributed by atoms with Gasteiger partial charge in [-0.25, -0.2) is 0 Å². The minimum absolute atomic E-state index is 0.608. The fraction of sp³-hybridized carbons (Fsp3) is 1.00. The van der Waals surface area contributed by atoms with Crippen molar-refractivity contribution in [2.45, 2.75) is 58.0 Å². The summed E-state index contributed by atoms with van der Waals surface area (Å²) in [6, 6.07) is 1.41. The van der Waals surface area contributed by atoms with Crippen molar-refractivity contribution in [3.05, 3.63) is 0 Å². The van der Waals surface area contributed by atoms with Crippen LogP contribution in [0.1, 0.15) is 46.0 Å². The SMILES string of the molecule is CCNC(CN(C)C1CCC(C)CC1)C1CCOC1. The Labute approximate surface area is 119 Å². The van der Waals surface area contributed by atoms with Gasteiger partial charge >= 0.3 is 0 Å². The molecule has 0 radical (unpaired) electrons. The van der Waals surface area contributed by atoms with Crippen LogP contribution in [0, 0.1) is 11.8 Å². The number of ether oxygens (including phenoxy) is 1. The van der Waals surface area contributed by atoms with Crippen LogP contribution in [-0.4, -0.2) is 50.3 Å². The summed E-state index contributed by atoms with van der Waals surface area (Å²) in [4.78, 5) is 2.61. The first kappa shape index (κ1) is 15.3. The lowest BCUT2D eigenvalue weighted by Gasteiger charge is -2.37. The molecule has 2 aliphatic rings. The van der Waals surface area contributed by atoms with Gasteiger partial charge in [0, 0.05) is 31.2 Å². The molecule has 3 nitrogen and oxygen atoms in total. The Morgan fingerprint density at radius 3 is 2.53 bits per heavy atom. The summed E-state index contributed by atoms with van der Waals surface area (Å²) < 4.78 is 5.57. The van der Waals surface area contributed by atoms with Gasteiger partial charge < -0.3 is 15.0 Å². The molecule has 112 valence electrons. The normalized spacial score (nSPS) is 33.8. The molecule has 1 heterocycles. The molecular weight excluding hydrogens is 236 g/mol. The van der Waals surface area contributed by atoms with Gasteiger partial charge in [-0.2, -0.15) is 0 Å². The van der Waals surface area contributed by atoms with Crippen LogP contribution >= 0.6 is 0 Å². The Balaban J connectivity index is 1.81. The molecule has 2 rings (SSSR count). The second kappa shape index (κ2) is 7.61. The summed E-state index contributed by atoms with van der Waals surface area (Å²) in [5.74, 6) is 1.65. The fourth-order valence-electron chi connectivity index (χ4n) is 3.66. The minimum atomic E-state index is 0.608. The first-order valence-electron chi connectivity index (χ1n) is 8.22. The lowest BCUT2D eigenvalue weighted by atomic mass is 9.86. The third-order valence-electron chi connectivity index (χ3n) is 5.09. The molecule has 1 saturated carbocycles. The van der Waals surface area contributed by atoms with Gasteiger partial charge in [-0.1, -0.05) is 13.8 Å². The van der Waals surface area contributed by atoms with E-state index in [2.05, 4.69) is 31.1 Å². The van der Waals surface area contributed by atoms with Crippen molar-refractivity contribution in [2.75, 3.05) is 33.4 Å². The molecule has 0 aromatic rings. The van der Waals surface area contributed by atoms with Gasteiger partial charge in [0.05, 0.1) is 6.61 Å². The van der Waals surface area contributed by atoms with Crippen molar-refractivity contribution >= 4 is 0 Å². The highest BCUT2D eigenvalue weighted by molar-refractivity contribution is 4.84. The van der Waals surface area contributed by atoms with Crippen LogP contribution in [0.2, 0.25) is 0 Å². The first-order chi connectivity index (χ1) is 9.20. The van der Waals surface area contributed by atoms with Crippen LogP contribution in [0.3, 0.4) is 0 Å². The molecule has 1 N–H and O–H groups in total. The van der Waals surface area contributed by atoms with Gasteiger partial charge in [-0.15, -0.1) is 0 Å². The van der Waals surface area contributed by atoms with E-state index in [1.54, 1.807) is 0 Å². The van der Waals surface area contributed by atoms with Crippen molar-refractivity contribution < 1.29 is 4.74 Å². The molecule has 19 heavy (non-hydrogen) atoms. The molecule has 3 heteroatoms. The molecule has 0 bridgehead atoms. The molecule has 0 amide bonds. The molecule has 0 spiro atoms. The Morgan fingerprint density at radius 2 is 1.95 bits per heavy atom. The molecule has 2 fully saturated rings. The molecule has 1 aliphatic heterocycles. The van der Waals surface area contributed by atoms with E-state index in [9.17, 15) is 0 Å². The third-order valence-corrected chi connectivity index (χ3v) is 5.09. The average molecular weight is 268 g/mol. The first-order valence-corrected chi connectivity index (χ1v) is 8.22. The molecule has 2 unspecified atom stereocenters. The van der Waals surface area contributed by atoms with Crippen LogP contribution in [-0.2, 0) is 4.74 Å². The van der Waals surface area contributed by atoms with E-state index < -0.39 is 0 Å². The zero-order valence-corrected chi connectivity index (χ0v) is 13.0. The second-order valence-electron chi connectivity index (χ2n) is 6.64. The maximum atomic E-state index is 5.57. The highest BCUT2D eigenvalue weighted by Crippen LogP contribution is 2.27. The van der Waals surface area contributed by atoms with Crippen LogP contribution in [0.15, 0.2) is 0 Å². The van der Waals surface area contributed by atoms with Gasteiger partial charge in [-0.05, 0) is 51.6 Å². The number of hydrogen-bond acceptors (Lipinski definition) is 3. The van der Waals surface area contributed by atoms with Crippen molar-refractivity contribution in [3.63, 3.8) is 0 Å². The van der Waals surface area contributed by atoms with E-state index in [-0.39, 0.29) is 0 Å². The lowest BCUT2D eigenvalue weighted by Crippen LogP contribution is -2.48. The largest absolute Gasteiger partial charge is 0.381 e. The predicted octanol–water partition coefficient (Wildman–Crippen LogP) is 2.51. The molecule has 1 aliphatic carbocycles. The molecule has 0 aromatic heterocycles. The minimum Gasteiger partial charge on any atom is -0.381 e. The van der Waals surface area contributed by atoms with Crippen molar-refractivity contribution in [2.24, 2.45) is 11.8 Å². The maximum Gasteiger partial charge on any atom is 0.0510 e. The summed E-state index contributed by atoms with van der Waals surface area (Å²) in [5.41, 5.74) is 0. The number of likely N-dealkylation sites (N-methyl/N-ethyl adjacent to an activating group) is 2. The van der Waals surface area contributed by atoms with E-state index in [0.29, 0.717) is 12.0 Å². The van der Waals surface area contributed by atoms with E-state index in [0.717, 1.165) is 31.7 Å². The Bertz CT molecular complexity index is 245. The highest BCUT2D eigenvalue weighted by atomic mass is 16.5. The van der Waals surface area contributed by atoms with E-state index in [1.807, 2.05) is 0 Å². The maximum absolute atomic E-state index is 5.57. The van der Waals surface area contributed by atoms with Crippen LogP contribution in [0.5, 0.6) is 0 Å². The topological polar surface area (TPSA) is 24.5 Å². The van der Waals surface area contributed by atoms with Gasteiger partial charge in [0.1, 0.15) is 0 Å². The summed E-state index contributed by atoms with van der Waals surface area (Å²) in [6.45, 7) is 8.76. The van der Waals surface area contributed by atoms with E-state index in [1.165, 1.54) is 38.6 Å². The Kier molecular flexibility index (Phi) is 6.11. The van der Waals surface area contributed by atoms with Crippen molar-refractivity contribution in [1.29, 1.82) is 0 Å². The number of nitrogens with zero attached hydrogens (tertiary/aromatic N) is 1. The summed E-state index contributed by atoms with van der Waals surface area (Å²) in [5, 5.41) is 3.68. The van der Waals surface area contributed by atoms with Gasteiger partial charge in [0.2, 0.25) is 0 Å². The zero-order chi connectivity index (χ0) is 13.7. The summed E-state index contributed by atoms with van der Waals surface area (Å²) >= 11 is 0. The quantitative estimate of drug-likeness (QED) is 0.801. The fourth-order valence-corrected chi connectivity index (χ4v) is 3.66. The summed E-state index contributed by atoms with van der Waals surface area (Å²) in [6.07, 6.45) is 6.82. The molecular formula is C16H32N2O. The Morgan fingerprint density at radius 1 is 1.21 bits per heavy atom. The molecule has 2 atom stereocenters. The van der Waals surface area contributed by atoms with Gasteiger partial charge in [-0.3, -0.25) is 0 Å². The standard InChI is InChI=1S/C16H32N2O/c1-4-17-16(14-9-10-19-12-14)11-18(3)15-7-5-13(2)6-8-15/h13-17H,4-12H2,1-3H3. The second-order valence-corrected chi connectivity index (χ2v) is 6.64. The number of rotatable bonds is 6. The average Bonchev–Trinajstić information content (AvgIpc) is 2.92. The highest BCUT2D eigenvalue weighted by Gasteiger charge is 2.29. The van der Waals surface area contributed by atoms with Crippen molar-refractivity contribution in [1.82, 2.24) is 10.2 Å². The lowest BCUT2D eigenvalue weighted by molar-refractivity contribution is 0.132. The monoisotopic (exact) mass is 268 g/mol.